The average Bonchev–Trinajstić information content (AvgIpc) is 3.24. The second-order valence-corrected chi connectivity index (χ2v) is 6.96. The predicted octanol–water partition coefficient (Wildman–Crippen LogP) is 3.65. The van der Waals surface area contributed by atoms with Crippen LogP contribution < -0.4 is 15.4 Å². The Kier molecular flexibility index (Phi) is 5.99. The van der Waals surface area contributed by atoms with E-state index in [0.29, 0.717) is 24.0 Å². The summed E-state index contributed by atoms with van der Waals surface area (Å²) in [7, 11) is 0. The SMILES string of the molecule is O=C(Nc1cnccc1OCC1CCNCC1)c1coc(-c2c(F)cccc2F)n1. The molecule has 0 spiro atoms. The molecule has 0 aliphatic carbocycles. The van der Waals surface area contributed by atoms with Crippen LogP contribution in [0.25, 0.3) is 11.5 Å². The molecule has 3 aromatic rings. The summed E-state index contributed by atoms with van der Waals surface area (Å²) in [4.78, 5) is 20.5. The lowest BCUT2D eigenvalue weighted by Gasteiger charge is -2.23. The molecule has 2 N–H and O–H groups in total. The largest absolute Gasteiger partial charge is 0.491 e. The van der Waals surface area contributed by atoms with E-state index in [1.807, 2.05) is 0 Å². The van der Waals surface area contributed by atoms with E-state index in [0.717, 1.165) is 44.3 Å². The Labute approximate surface area is 171 Å². The molecule has 1 amide bonds. The summed E-state index contributed by atoms with van der Waals surface area (Å²) < 4.78 is 38.8. The van der Waals surface area contributed by atoms with Crippen molar-refractivity contribution in [2.24, 2.45) is 5.92 Å². The highest BCUT2D eigenvalue weighted by Gasteiger charge is 2.20. The number of carbonyl (C=O) groups excluding carboxylic acids is 1. The third-order valence-corrected chi connectivity index (χ3v) is 4.88. The van der Waals surface area contributed by atoms with E-state index in [1.165, 1.54) is 12.3 Å². The number of halogens is 2. The van der Waals surface area contributed by atoms with Crippen LogP contribution in [0, 0.1) is 17.6 Å². The van der Waals surface area contributed by atoms with E-state index in [2.05, 4.69) is 20.6 Å². The van der Waals surface area contributed by atoms with E-state index in [9.17, 15) is 13.6 Å². The standard InChI is InChI=1S/C21H20F2N4O3/c22-14-2-1-3-15(23)19(14)21-27-17(12-30-21)20(28)26-16-10-25-9-6-18(16)29-11-13-4-7-24-8-5-13/h1-3,6,9-10,12-13,24H,4-5,7-8,11H2,(H,26,28). The van der Waals surface area contributed by atoms with Crippen LogP contribution in [0.5, 0.6) is 5.75 Å². The van der Waals surface area contributed by atoms with Crippen LogP contribution in [-0.4, -0.2) is 35.6 Å². The number of hydrogen-bond donors (Lipinski definition) is 2. The van der Waals surface area contributed by atoms with Crippen LogP contribution in [0.1, 0.15) is 23.3 Å². The van der Waals surface area contributed by atoms with Gasteiger partial charge in [-0.3, -0.25) is 9.78 Å². The summed E-state index contributed by atoms with van der Waals surface area (Å²) in [6.07, 6.45) is 6.14. The zero-order valence-electron chi connectivity index (χ0n) is 16.0. The van der Waals surface area contributed by atoms with E-state index in [1.54, 1.807) is 12.3 Å². The first-order valence-electron chi connectivity index (χ1n) is 9.60. The number of carbonyl (C=O) groups is 1. The molecule has 156 valence electrons. The summed E-state index contributed by atoms with van der Waals surface area (Å²) >= 11 is 0. The van der Waals surface area contributed by atoms with Crippen molar-refractivity contribution < 1.29 is 22.7 Å². The van der Waals surface area contributed by atoms with Crippen LogP contribution in [0.15, 0.2) is 47.3 Å². The van der Waals surface area contributed by atoms with Gasteiger partial charge >= 0.3 is 0 Å². The van der Waals surface area contributed by atoms with Gasteiger partial charge in [-0.1, -0.05) is 6.07 Å². The molecule has 9 heteroatoms. The number of hydrogen-bond acceptors (Lipinski definition) is 6. The average molecular weight is 414 g/mol. The molecular formula is C21H20F2N4O3. The predicted molar refractivity (Wildman–Crippen MR) is 105 cm³/mol. The van der Waals surface area contributed by atoms with Gasteiger partial charge in [0, 0.05) is 12.3 Å². The number of benzene rings is 1. The molecule has 0 unspecified atom stereocenters. The molecule has 0 atom stereocenters. The van der Waals surface area contributed by atoms with Gasteiger partial charge < -0.3 is 19.8 Å². The number of anilines is 1. The van der Waals surface area contributed by atoms with Crippen molar-refractivity contribution in [1.82, 2.24) is 15.3 Å². The number of rotatable bonds is 6. The minimum atomic E-state index is -0.829. The summed E-state index contributed by atoms with van der Waals surface area (Å²) in [5.74, 6) is -1.66. The first kappa shape index (κ1) is 20.0. The van der Waals surface area contributed by atoms with Crippen molar-refractivity contribution in [3.05, 3.63) is 60.3 Å². The highest BCUT2D eigenvalue weighted by molar-refractivity contribution is 6.03. The monoisotopic (exact) mass is 414 g/mol. The summed E-state index contributed by atoms with van der Waals surface area (Å²) in [6.45, 7) is 2.46. The molecule has 1 aliphatic rings. The number of amides is 1. The molecular weight excluding hydrogens is 394 g/mol. The Morgan fingerprint density at radius 3 is 2.77 bits per heavy atom. The molecule has 7 nitrogen and oxygen atoms in total. The number of nitrogens with one attached hydrogen (secondary N) is 2. The quantitative estimate of drug-likeness (QED) is 0.640. The van der Waals surface area contributed by atoms with Crippen molar-refractivity contribution in [1.29, 1.82) is 0 Å². The second kappa shape index (κ2) is 9.00. The van der Waals surface area contributed by atoms with Crippen LogP contribution in [-0.2, 0) is 0 Å². The van der Waals surface area contributed by atoms with E-state index in [-0.39, 0.29) is 11.6 Å². The van der Waals surface area contributed by atoms with Gasteiger partial charge in [-0.05, 0) is 44.0 Å². The van der Waals surface area contributed by atoms with E-state index >= 15 is 0 Å². The first-order chi connectivity index (χ1) is 14.6. The van der Waals surface area contributed by atoms with Crippen LogP contribution in [0.4, 0.5) is 14.5 Å². The van der Waals surface area contributed by atoms with Gasteiger partial charge in [-0.25, -0.2) is 13.8 Å². The Balaban J connectivity index is 1.46. The highest BCUT2D eigenvalue weighted by Crippen LogP contribution is 2.27. The van der Waals surface area contributed by atoms with Crippen LogP contribution >= 0.6 is 0 Å². The molecule has 1 fully saturated rings. The second-order valence-electron chi connectivity index (χ2n) is 6.96. The van der Waals surface area contributed by atoms with Gasteiger partial charge in [0.1, 0.15) is 34.9 Å². The lowest BCUT2D eigenvalue weighted by Crippen LogP contribution is -2.30. The number of oxazole rings is 1. The van der Waals surface area contributed by atoms with Gasteiger partial charge in [-0.2, -0.15) is 0 Å². The lowest BCUT2D eigenvalue weighted by molar-refractivity contribution is 0.102. The molecule has 0 saturated carbocycles. The fourth-order valence-electron chi connectivity index (χ4n) is 3.24. The fraction of sp³-hybridized carbons (Fsp3) is 0.286. The van der Waals surface area contributed by atoms with Crippen LogP contribution in [0.2, 0.25) is 0 Å². The zero-order chi connectivity index (χ0) is 20.9. The molecule has 1 saturated heterocycles. The van der Waals surface area contributed by atoms with Crippen molar-refractivity contribution in [3.8, 4) is 17.2 Å². The van der Waals surface area contributed by atoms with E-state index < -0.39 is 23.1 Å². The maximum Gasteiger partial charge on any atom is 0.277 e. The molecule has 1 aliphatic heterocycles. The molecule has 4 rings (SSSR count). The number of pyridine rings is 1. The summed E-state index contributed by atoms with van der Waals surface area (Å²) in [6, 6.07) is 5.08. The van der Waals surface area contributed by atoms with Gasteiger partial charge in [0.05, 0.1) is 12.8 Å². The summed E-state index contributed by atoms with van der Waals surface area (Å²) in [5, 5.41) is 5.96. The third-order valence-electron chi connectivity index (χ3n) is 4.88. The number of nitrogens with zero attached hydrogens (tertiary/aromatic N) is 2. The number of piperidine rings is 1. The lowest BCUT2D eigenvalue weighted by atomic mass is 9.99. The maximum absolute atomic E-state index is 13.9. The minimum absolute atomic E-state index is 0.124. The van der Waals surface area contributed by atoms with Gasteiger partial charge in [0.25, 0.3) is 5.91 Å². The Morgan fingerprint density at radius 2 is 2.00 bits per heavy atom. The Hall–Kier alpha value is -3.33. The van der Waals surface area contributed by atoms with Crippen LogP contribution in [0.3, 0.4) is 0 Å². The molecule has 3 heterocycles. The third kappa shape index (κ3) is 4.46. The number of aromatic nitrogens is 2. The smallest absolute Gasteiger partial charge is 0.277 e. The molecule has 0 bridgehead atoms. The van der Waals surface area contributed by atoms with Crippen molar-refractivity contribution in [3.63, 3.8) is 0 Å². The molecule has 0 radical (unpaired) electrons. The maximum atomic E-state index is 13.9. The van der Waals surface area contributed by atoms with Crippen molar-refractivity contribution in [2.75, 3.05) is 25.0 Å². The van der Waals surface area contributed by atoms with Crippen molar-refractivity contribution >= 4 is 11.6 Å². The fourth-order valence-corrected chi connectivity index (χ4v) is 3.24. The van der Waals surface area contributed by atoms with Gasteiger partial charge in [0.2, 0.25) is 5.89 Å². The minimum Gasteiger partial charge on any atom is -0.491 e. The topological polar surface area (TPSA) is 89.3 Å². The number of ether oxygens (including phenoxy) is 1. The Bertz CT molecular complexity index is 1010. The summed E-state index contributed by atoms with van der Waals surface area (Å²) in [5.41, 5.74) is -0.178. The van der Waals surface area contributed by atoms with Gasteiger partial charge in [-0.15, -0.1) is 0 Å². The normalized spacial score (nSPS) is 14.5. The Morgan fingerprint density at radius 1 is 1.23 bits per heavy atom. The molecule has 30 heavy (non-hydrogen) atoms. The molecule has 1 aromatic carbocycles. The zero-order valence-corrected chi connectivity index (χ0v) is 16.0. The first-order valence-corrected chi connectivity index (χ1v) is 9.60. The highest BCUT2D eigenvalue weighted by atomic mass is 19.1. The molecule has 2 aromatic heterocycles. The van der Waals surface area contributed by atoms with E-state index in [4.69, 9.17) is 9.15 Å². The van der Waals surface area contributed by atoms with Crippen molar-refractivity contribution in [2.45, 2.75) is 12.8 Å². The van der Waals surface area contributed by atoms with Gasteiger partial charge in [0.15, 0.2) is 5.69 Å².